The minimum Gasteiger partial charge on any atom is -0.386 e. The lowest BCUT2D eigenvalue weighted by Gasteiger charge is -2.19. The number of carbonyl (C=O) groups excluding carboxylic acids is 1. The second kappa shape index (κ2) is 6.21. The molecule has 1 N–H and O–H groups in total. The average molecular weight is 371 g/mol. The largest absolute Gasteiger partial charge is 0.386 e. The lowest BCUT2D eigenvalue weighted by atomic mass is 10.1. The molecule has 7 nitrogen and oxygen atoms in total. The Balaban J connectivity index is 1.31. The molecular formula is C18H21N5O2S. The molecule has 1 unspecified atom stereocenters. The van der Waals surface area contributed by atoms with E-state index in [0.717, 1.165) is 54.4 Å². The first-order valence-electron chi connectivity index (χ1n) is 9.11. The fraction of sp³-hybridized carbons (Fsp3) is 0.500. The molecule has 1 aliphatic heterocycles. The molecule has 3 aromatic rings. The van der Waals surface area contributed by atoms with Gasteiger partial charge in [-0.1, -0.05) is 0 Å². The number of aliphatic hydroxyl groups is 1. The van der Waals surface area contributed by atoms with Crippen LogP contribution >= 0.6 is 11.3 Å². The maximum atomic E-state index is 12.8. The van der Waals surface area contributed by atoms with E-state index in [1.807, 2.05) is 37.8 Å². The van der Waals surface area contributed by atoms with Crippen LogP contribution in [-0.4, -0.2) is 41.6 Å². The molecule has 0 saturated heterocycles. The highest BCUT2D eigenvalue weighted by Gasteiger charge is 2.33. The average Bonchev–Trinajstić information content (AvgIpc) is 3.17. The third-order valence-corrected chi connectivity index (χ3v) is 6.00. The number of aromatic nitrogens is 4. The number of aliphatic hydroxyl groups excluding tert-OH is 1. The van der Waals surface area contributed by atoms with Crippen LogP contribution in [0.4, 0.5) is 0 Å². The summed E-state index contributed by atoms with van der Waals surface area (Å²) in [5, 5.41) is 16.9. The number of hydrogen-bond donors (Lipinski definition) is 1. The Kier molecular flexibility index (Phi) is 3.82. The smallest absolute Gasteiger partial charge is 0.229 e. The van der Waals surface area contributed by atoms with Crippen LogP contribution in [0.3, 0.4) is 0 Å². The molecule has 1 saturated carbocycles. The van der Waals surface area contributed by atoms with E-state index in [4.69, 9.17) is 0 Å². The first-order chi connectivity index (χ1) is 12.7. The zero-order chi connectivity index (χ0) is 17.7. The van der Waals surface area contributed by atoms with Crippen molar-refractivity contribution in [2.75, 3.05) is 6.54 Å². The summed E-state index contributed by atoms with van der Waals surface area (Å²) in [7, 11) is 0. The summed E-state index contributed by atoms with van der Waals surface area (Å²) in [5.41, 5.74) is 2.58. The van der Waals surface area contributed by atoms with Crippen LogP contribution < -0.4 is 0 Å². The van der Waals surface area contributed by atoms with Gasteiger partial charge in [0.15, 0.2) is 4.96 Å². The predicted octanol–water partition coefficient (Wildman–Crippen LogP) is 2.01. The van der Waals surface area contributed by atoms with Gasteiger partial charge >= 0.3 is 0 Å². The van der Waals surface area contributed by atoms with Crippen molar-refractivity contribution in [2.24, 2.45) is 5.92 Å². The standard InChI is InChI=1S/C18H21N5O2S/c24-16(8-13-10-22-6-7-26-18(22)19-13)21-4-1-5-23-14(11-21)9-15(20-23)17(25)12-2-3-12/h6-7,9-10,12,17,25H,1-5,8,11H2. The van der Waals surface area contributed by atoms with Crippen LogP contribution in [0, 0.1) is 5.92 Å². The molecule has 26 heavy (non-hydrogen) atoms. The minimum atomic E-state index is -0.461. The highest BCUT2D eigenvalue weighted by molar-refractivity contribution is 7.15. The molecule has 0 spiro atoms. The predicted molar refractivity (Wildman–Crippen MR) is 96.7 cm³/mol. The van der Waals surface area contributed by atoms with E-state index in [9.17, 15) is 9.90 Å². The van der Waals surface area contributed by atoms with Crippen molar-refractivity contribution in [2.45, 2.75) is 44.9 Å². The minimum absolute atomic E-state index is 0.0923. The van der Waals surface area contributed by atoms with E-state index in [1.54, 1.807) is 11.3 Å². The van der Waals surface area contributed by atoms with E-state index in [0.29, 0.717) is 18.9 Å². The summed E-state index contributed by atoms with van der Waals surface area (Å²) < 4.78 is 3.91. The summed E-state index contributed by atoms with van der Waals surface area (Å²) in [4.78, 5) is 20.1. The SMILES string of the molecule is O=C(Cc1cn2ccsc2n1)N1CCCn2nc(C(O)C3CC3)cc2C1. The summed E-state index contributed by atoms with van der Waals surface area (Å²) in [6.07, 6.45) is 6.77. The number of fused-ring (bicyclic) bond motifs is 2. The van der Waals surface area contributed by atoms with Crippen LogP contribution in [0.15, 0.2) is 23.8 Å². The van der Waals surface area contributed by atoms with E-state index in [1.165, 1.54) is 0 Å². The van der Waals surface area contributed by atoms with Gasteiger partial charge in [0.1, 0.15) is 6.10 Å². The topological polar surface area (TPSA) is 75.7 Å². The number of aryl methyl sites for hydroxylation is 1. The third kappa shape index (κ3) is 2.93. The van der Waals surface area contributed by atoms with E-state index in [-0.39, 0.29) is 5.91 Å². The van der Waals surface area contributed by atoms with Gasteiger partial charge in [-0.25, -0.2) is 4.98 Å². The summed E-state index contributed by atoms with van der Waals surface area (Å²) in [6, 6.07) is 1.97. The Labute approximate surface area is 154 Å². The number of amides is 1. The van der Waals surface area contributed by atoms with Gasteiger partial charge in [0.05, 0.1) is 30.0 Å². The van der Waals surface area contributed by atoms with Crippen LogP contribution in [0.1, 0.15) is 42.4 Å². The van der Waals surface area contributed by atoms with Gasteiger partial charge < -0.3 is 10.0 Å². The molecule has 8 heteroatoms. The third-order valence-electron chi connectivity index (χ3n) is 5.23. The van der Waals surface area contributed by atoms with Crippen molar-refractivity contribution in [3.8, 4) is 0 Å². The number of thiazole rings is 1. The molecule has 1 amide bonds. The monoisotopic (exact) mass is 371 g/mol. The zero-order valence-corrected chi connectivity index (χ0v) is 15.2. The van der Waals surface area contributed by atoms with Crippen molar-refractivity contribution in [1.29, 1.82) is 0 Å². The fourth-order valence-corrected chi connectivity index (χ4v) is 4.34. The number of rotatable bonds is 4. The van der Waals surface area contributed by atoms with Gasteiger partial charge in [-0.05, 0) is 31.2 Å². The second-order valence-electron chi connectivity index (χ2n) is 7.24. The molecule has 4 heterocycles. The molecule has 0 aromatic carbocycles. The fourth-order valence-electron chi connectivity index (χ4n) is 3.62. The maximum absolute atomic E-state index is 12.8. The Morgan fingerprint density at radius 3 is 3.08 bits per heavy atom. The van der Waals surface area contributed by atoms with Crippen molar-refractivity contribution in [3.63, 3.8) is 0 Å². The molecule has 1 aliphatic carbocycles. The molecule has 2 aliphatic rings. The molecule has 0 radical (unpaired) electrons. The quantitative estimate of drug-likeness (QED) is 0.761. The Hall–Kier alpha value is -2.19. The summed E-state index contributed by atoms with van der Waals surface area (Å²) in [6.45, 7) is 2.06. The second-order valence-corrected chi connectivity index (χ2v) is 8.11. The number of imidazole rings is 1. The number of hydrogen-bond acceptors (Lipinski definition) is 5. The molecule has 5 rings (SSSR count). The number of nitrogens with zero attached hydrogens (tertiary/aromatic N) is 5. The maximum Gasteiger partial charge on any atom is 0.229 e. The van der Waals surface area contributed by atoms with Gasteiger partial charge in [0.25, 0.3) is 0 Å². The van der Waals surface area contributed by atoms with Crippen LogP contribution in [-0.2, 0) is 24.3 Å². The molecule has 1 atom stereocenters. The number of carbonyl (C=O) groups is 1. The lowest BCUT2D eigenvalue weighted by molar-refractivity contribution is -0.131. The Morgan fingerprint density at radius 1 is 1.38 bits per heavy atom. The Morgan fingerprint density at radius 2 is 2.27 bits per heavy atom. The van der Waals surface area contributed by atoms with Crippen LogP contribution in [0.2, 0.25) is 0 Å². The first-order valence-corrected chi connectivity index (χ1v) is 9.99. The first kappa shape index (κ1) is 16.0. The van der Waals surface area contributed by atoms with Crippen LogP contribution in [0.25, 0.3) is 4.96 Å². The van der Waals surface area contributed by atoms with Gasteiger partial charge in [0, 0.05) is 30.9 Å². The van der Waals surface area contributed by atoms with E-state index >= 15 is 0 Å². The van der Waals surface area contributed by atoms with Crippen molar-refractivity contribution in [3.05, 3.63) is 40.9 Å². The highest BCUT2D eigenvalue weighted by Crippen LogP contribution is 2.40. The van der Waals surface area contributed by atoms with Crippen molar-refractivity contribution in [1.82, 2.24) is 24.1 Å². The van der Waals surface area contributed by atoms with Gasteiger partial charge in [-0.15, -0.1) is 11.3 Å². The molecule has 3 aromatic heterocycles. The molecule has 1 fully saturated rings. The van der Waals surface area contributed by atoms with Gasteiger partial charge in [-0.2, -0.15) is 5.10 Å². The van der Waals surface area contributed by atoms with Crippen molar-refractivity contribution >= 4 is 22.2 Å². The van der Waals surface area contributed by atoms with E-state index in [2.05, 4.69) is 10.1 Å². The van der Waals surface area contributed by atoms with Gasteiger partial charge in [0.2, 0.25) is 5.91 Å². The van der Waals surface area contributed by atoms with Crippen molar-refractivity contribution < 1.29 is 9.90 Å². The van der Waals surface area contributed by atoms with Gasteiger partial charge in [-0.3, -0.25) is 13.9 Å². The van der Waals surface area contributed by atoms with Crippen LogP contribution in [0.5, 0.6) is 0 Å². The molecule has 136 valence electrons. The highest BCUT2D eigenvalue weighted by atomic mass is 32.1. The summed E-state index contributed by atoms with van der Waals surface area (Å²) >= 11 is 1.57. The normalized spacial score (nSPS) is 18.7. The van der Waals surface area contributed by atoms with E-state index < -0.39 is 6.10 Å². The molecule has 0 bridgehead atoms. The zero-order valence-electron chi connectivity index (χ0n) is 14.4. The Bertz CT molecular complexity index is 926. The lowest BCUT2D eigenvalue weighted by Crippen LogP contribution is -2.32. The summed E-state index contributed by atoms with van der Waals surface area (Å²) in [5.74, 6) is 0.455. The molecular weight excluding hydrogens is 350 g/mol.